The topological polar surface area (TPSA) is 91.4 Å². The molecule has 0 aliphatic heterocycles. The Bertz CT molecular complexity index is 806. The second-order valence-electron chi connectivity index (χ2n) is 6.26. The number of benzene rings is 1. The molecule has 25 heavy (non-hydrogen) atoms. The molecule has 1 amide bonds. The highest BCUT2D eigenvalue weighted by atomic mass is 16.5. The summed E-state index contributed by atoms with van der Waals surface area (Å²) in [6.45, 7) is 8.71. The molecule has 0 aliphatic rings. The summed E-state index contributed by atoms with van der Waals surface area (Å²) >= 11 is 0. The third kappa shape index (κ3) is 4.28. The first-order chi connectivity index (χ1) is 11.7. The highest BCUT2D eigenvalue weighted by molar-refractivity contribution is 5.95. The molecule has 1 aromatic carbocycles. The largest absolute Gasteiger partial charge is 0.451 e. The number of ether oxygens (including phenoxy) is 1. The van der Waals surface area contributed by atoms with Crippen LogP contribution < -0.4 is 5.32 Å². The molecule has 2 aromatic rings. The minimum Gasteiger partial charge on any atom is -0.451 e. The van der Waals surface area contributed by atoms with Crippen LogP contribution in [0.2, 0.25) is 0 Å². The summed E-state index contributed by atoms with van der Waals surface area (Å²) in [5.41, 5.74) is 5.13. The van der Waals surface area contributed by atoms with E-state index in [0.29, 0.717) is 22.5 Å². The van der Waals surface area contributed by atoms with Gasteiger partial charge in [0.05, 0.1) is 6.10 Å². The number of aliphatic hydroxyl groups excluding tert-OH is 1. The zero-order valence-electron chi connectivity index (χ0n) is 15.2. The van der Waals surface area contributed by atoms with E-state index in [4.69, 9.17) is 4.74 Å². The Morgan fingerprint density at radius 1 is 1.20 bits per heavy atom. The zero-order valence-corrected chi connectivity index (χ0v) is 15.2. The van der Waals surface area contributed by atoms with Crippen LogP contribution >= 0.6 is 0 Å². The van der Waals surface area contributed by atoms with E-state index < -0.39 is 18.0 Å². The van der Waals surface area contributed by atoms with E-state index in [2.05, 4.69) is 10.3 Å². The minimum atomic E-state index is -0.689. The molecule has 3 N–H and O–H groups in total. The summed E-state index contributed by atoms with van der Waals surface area (Å²) in [7, 11) is 0. The number of esters is 1. The molecular formula is C19H24N2O4. The Labute approximate surface area is 147 Å². The highest BCUT2D eigenvalue weighted by Crippen LogP contribution is 2.24. The van der Waals surface area contributed by atoms with Gasteiger partial charge in [-0.1, -0.05) is 6.07 Å². The number of aromatic nitrogens is 1. The van der Waals surface area contributed by atoms with Crippen molar-refractivity contribution in [2.45, 2.75) is 40.7 Å². The van der Waals surface area contributed by atoms with Gasteiger partial charge in [-0.25, -0.2) is 4.79 Å². The normalized spacial score (nSPS) is 11.9. The van der Waals surface area contributed by atoms with Crippen LogP contribution in [-0.4, -0.2) is 28.6 Å². The quantitative estimate of drug-likeness (QED) is 0.727. The number of carbonyl (C=O) groups excluding carboxylic acids is 2. The van der Waals surface area contributed by atoms with Gasteiger partial charge in [-0.15, -0.1) is 0 Å². The van der Waals surface area contributed by atoms with Crippen LogP contribution in [0.5, 0.6) is 0 Å². The molecule has 6 heteroatoms. The van der Waals surface area contributed by atoms with Crippen molar-refractivity contribution in [2.24, 2.45) is 0 Å². The molecule has 0 radical (unpaired) electrons. The van der Waals surface area contributed by atoms with Gasteiger partial charge in [0, 0.05) is 16.9 Å². The Balaban J connectivity index is 1.99. The maximum atomic E-state index is 12.2. The van der Waals surface area contributed by atoms with Gasteiger partial charge in [-0.3, -0.25) is 4.79 Å². The monoisotopic (exact) mass is 344 g/mol. The van der Waals surface area contributed by atoms with Crippen LogP contribution in [0.4, 0.5) is 5.69 Å². The third-order valence-electron chi connectivity index (χ3n) is 4.24. The number of amides is 1. The molecule has 2 rings (SSSR count). The van der Waals surface area contributed by atoms with E-state index in [1.54, 1.807) is 26.8 Å². The van der Waals surface area contributed by atoms with Crippen molar-refractivity contribution >= 4 is 17.6 Å². The van der Waals surface area contributed by atoms with Gasteiger partial charge >= 0.3 is 5.97 Å². The first-order valence-electron chi connectivity index (χ1n) is 8.12. The van der Waals surface area contributed by atoms with Crippen molar-refractivity contribution in [3.05, 3.63) is 51.8 Å². The van der Waals surface area contributed by atoms with Crippen LogP contribution in [0.25, 0.3) is 0 Å². The average molecular weight is 344 g/mol. The smallest absolute Gasteiger partial charge is 0.355 e. The lowest BCUT2D eigenvalue weighted by molar-refractivity contribution is -0.119. The molecule has 134 valence electrons. The molecule has 0 bridgehead atoms. The van der Waals surface area contributed by atoms with Crippen LogP contribution in [0.15, 0.2) is 18.2 Å². The zero-order chi connectivity index (χ0) is 18.7. The summed E-state index contributed by atoms with van der Waals surface area (Å²) in [4.78, 5) is 27.1. The fourth-order valence-corrected chi connectivity index (χ4v) is 2.81. The molecule has 1 aromatic heterocycles. The first kappa shape index (κ1) is 18.7. The fourth-order valence-electron chi connectivity index (χ4n) is 2.81. The summed E-state index contributed by atoms with van der Waals surface area (Å²) in [5.74, 6) is -1.03. The standard InChI is InChI=1S/C19H24N2O4/c1-10-6-7-15(8-11(10)2)21-16(23)9-25-19(24)18-12(3)17(14(5)22)13(4)20-18/h6-8,14,20,22H,9H2,1-5H3,(H,21,23)/t14-/m1/s1. The van der Waals surface area contributed by atoms with Crippen molar-refractivity contribution in [2.75, 3.05) is 11.9 Å². The SMILES string of the molecule is Cc1ccc(NC(=O)COC(=O)c2[nH]c(C)c([C@@H](C)O)c2C)cc1C. The van der Waals surface area contributed by atoms with Gasteiger partial charge in [0.25, 0.3) is 5.91 Å². The molecule has 0 saturated heterocycles. The van der Waals surface area contributed by atoms with Crippen molar-refractivity contribution in [1.82, 2.24) is 4.98 Å². The number of H-pyrrole nitrogens is 1. The number of aryl methyl sites for hydroxylation is 3. The summed E-state index contributed by atoms with van der Waals surface area (Å²) < 4.78 is 5.08. The van der Waals surface area contributed by atoms with Crippen molar-refractivity contribution in [1.29, 1.82) is 0 Å². The van der Waals surface area contributed by atoms with E-state index in [-0.39, 0.29) is 12.3 Å². The predicted molar refractivity (Wildman–Crippen MR) is 95.7 cm³/mol. The van der Waals surface area contributed by atoms with Gasteiger partial charge in [-0.05, 0) is 63.4 Å². The Morgan fingerprint density at radius 3 is 2.44 bits per heavy atom. The number of nitrogens with one attached hydrogen (secondary N) is 2. The number of aliphatic hydroxyl groups is 1. The van der Waals surface area contributed by atoms with E-state index >= 15 is 0 Å². The summed E-state index contributed by atoms with van der Waals surface area (Å²) in [6, 6.07) is 5.58. The van der Waals surface area contributed by atoms with Crippen LogP contribution in [0.1, 0.15) is 51.5 Å². The predicted octanol–water partition coefficient (Wildman–Crippen LogP) is 3.10. The molecule has 1 atom stereocenters. The summed E-state index contributed by atoms with van der Waals surface area (Å²) in [5, 5.41) is 12.5. The van der Waals surface area contributed by atoms with Crippen molar-refractivity contribution < 1.29 is 19.4 Å². The molecule has 0 unspecified atom stereocenters. The Hall–Kier alpha value is -2.60. The number of anilines is 1. The van der Waals surface area contributed by atoms with E-state index in [1.165, 1.54) is 0 Å². The maximum Gasteiger partial charge on any atom is 0.355 e. The van der Waals surface area contributed by atoms with Crippen LogP contribution in [-0.2, 0) is 9.53 Å². The molecule has 0 aliphatic carbocycles. The van der Waals surface area contributed by atoms with E-state index in [9.17, 15) is 14.7 Å². The third-order valence-corrected chi connectivity index (χ3v) is 4.24. The highest BCUT2D eigenvalue weighted by Gasteiger charge is 2.21. The van der Waals surface area contributed by atoms with Crippen molar-refractivity contribution in [3.63, 3.8) is 0 Å². The molecule has 0 saturated carbocycles. The minimum absolute atomic E-state index is 0.257. The maximum absolute atomic E-state index is 12.2. The van der Waals surface area contributed by atoms with Crippen molar-refractivity contribution in [3.8, 4) is 0 Å². The lowest BCUT2D eigenvalue weighted by Gasteiger charge is -2.08. The first-order valence-corrected chi connectivity index (χ1v) is 8.12. The molecular weight excluding hydrogens is 320 g/mol. The van der Waals surface area contributed by atoms with Gasteiger partial charge in [0.15, 0.2) is 6.61 Å². The summed E-state index contributed by atoms with van der Waals surface area (Å²) in [6.07, 6.45) is -0.689. The molecule has 0 spiro atoms. The number of rotatable bonds is 5. The van der Waals surface area contributed by atoms with E-state index in [0.717, 1.165) is 11.1 Å². The Morgan fingerprint density at radius 2 is 1.88 bits per heavy atom. The molecule has 1 heterocycles. The fraction of sp³-hybridized carbons (Fsp3) is 0.368. The van der Waals surface area contributed by atoms with Crippen LogP contribution in [0.3, 0.4) is 0 Å². The lowest BCUT2D eigenvalue weighted by atomic mass is 10.1. The number of hydrogen-bond donors (Lipinski definition) is 3. The lowest BCUT2D eigenvalue weighted by Crippen LogP contribution is -2.21. The number of hydrogen-bond acceptors (Lipinski definition) is 4. The van der Waals surface area contributed by atoms with E-state index in [1.807, 2.05) is 26.0 Å². The molecule has 0 fully saturated rings. The average Bonchev–Trinajstić information content (AvgIpc) is 2.83. The van der Waals surface area contributed by atoms with Gasteiger partial charge in [0.2, 0.25) is 0 Å². The van der Waals surface area contributed by atoms with Gasteiger partial charge in [0.1, 0.15) is 5.69 Å². The molecule has 6 nitrogen and oxygen atoms in total. The van der Waals surface area contributed by atoms with Gasteiger partial charge < -0.3 is 20.1 Å². The second kappa shape index (κ2) is 7.53. The Kier molecular flexibility index (Phi) is 5.64. The number of carbonyl (C=O) groups is 2. The van der Waals surface area contributed by atoms with Gasteiger partial charge in [-0.2, -0.15) is 0 Å². The van der Waals surface area contributed by atoms with Crippen LogP contribution in [0, 0.1) is 27.7 Å². The number of aromatic amines is 1. The second-order valence-corrected chi connectivity index (χ2v) is 6.26.